The van der Waals surface area contributed by atoms with E-state index in [1.165, 1.54) is 22.2 Å². The number of anilines is 1. The lowest BCUT2D eigenvalue weighted by atomic mass is 9.97. The van der Waals surface area contributed by atoms with Crippen LogP contribution >= 0.6 is 34.7 Å². The normalized spacial score (nSPS) is 13.3. The number of benzene rings is 1. The predicted molar refractivity (Wildman–Crippen MR) is 126 cm³/mol. The molecule has 0 bridgehead atoms. The molecule has 1 aliphatic rings. The van der Waals surface area contributed by atoms with Gasteiger partial charge >= 0.3 is 0 Å². The van der Waals surface area contributed by atoms with Gasteiger partial charge in [0, 0.05) is 22.1 Å². The van der Waals surface area contributed by atoms with Crippen molar-refractivity contribution in [2.24, 2.45) is 0 Å². The number of rotatable bonds is 6. The minimum absolute atomic E-state index is 0.0317. The van der Waals surface area contributed by atoms with Crippen LogP contribution in [0, 0.1) is 6.92 Å². The molecular weight excluding hydrogens is 438 g/mol. The number of carbonyl (C=O) groups is 1. The zero-order chi connectivity index (χ0) is 21.3. The fraction of sp³-hybridized carbons (Fsp3) is 0.318. The summed E-state index contributed by atoms with van der Waals surface area (Å²) >= 11 is 8.87. The Morgan fingerprint density at radius 1 is 1.40 bits per heavy atom. The van der Waals surface area contributed by atoms with Gasteiger partial charge in [-0.1, -0.05) is 29.4 Å². The Balaban J connectivity index is 1.60. The monoisotopic (exact) mass is 459 g/mol. The van der Waals surface area contributed by atoms with Gasteiger partial charge in [-0.3, -0.25) is 14.2 Å². The second kappa shape index (κ2) is 8.96. The van der Waals surface area contributed by atoms with Crippen LogP contribution in [0.25, 0.3) is 10.2 Å². The van der Waals surface area contributed by atoms with Crippen LogP contribution in [0.5, 0.6) is 0 Å². The van der Waals surface area contributed by atoms with E-state index in [-0.39, 0.29) is 17.2 Å². The zero-order valence-corrected chi connectivity index (χ0v) is 19.1. The summed E-state index contributed by atoms with van der Waals surface area (Å²) in [5.74, 6) is -0.00204. The van der Waals surface area contributed by atoms with Crippen LogP contribution in [0.15, 0.2) is 40.8 Å². The van der Waals surface area contributed by atoms with E-state index in [4.69, 9.17) is 16.6 Å². The smallest absolute Gasteiger partial charge is 0.263 e. The van der Waals surface area contributed by atoms with Crippen molar-refractivity contribution in [1.29, 1.82) is 0 Å². The van der Waals surface area contributed by atoms with Gasteiger partial charge < -0.3 is 5.32 Å². The van der Waals surface area contributed by atoms with Gasteiger partial charge in [0.25, 0.3) is 5.56 Å². The van der Waals surface area contributed by atoms with Gasteiger partial charge in [0.15, 0.2) is 5.16 Å². The fourth-order valence-electron chi connectivity index (χ4n) is 3.70. The first-order chi connectivity index (χ1) is 14.5. The van der Waals surface area contributed by atoms with Gasteiger partial charge in [-0.15, -0.1) is 17.9 Å². The topological polar surface area (TPSA) is 64.0 Å². The summed E-state index contributed by atoms with van der Waals surface area (Å²) in [7, 11) is 0. The van der Waals surface area contributed by atoms with Gasteiger partial charge in [0.05, 0.1) is 11.1 Å². The molecule has 1 amide bonds. The Labute approximate surface area is 188 Å². The SMILES string of the molecule is C=CCn1c(SCC(=O)Nc2ccc(Cl)cc2C)nc2sc3c(c2c1=O)CCCC3. The van der Waals surface area contributed by atoms with Crippen molar-refractivity contribution in [1.82, 2.24) is 9.55 Å². The maximum atomic E-state index is 13.2. The number of amides is 1. The summed E-state index contributed by atoms with van der Waals surface area (Å²) < 4.78 is 1.63. The molecule has 2 aromatic heterocycles. The minimum atomic E-state index is -0.157. The Morgan fingerprint density at radius 3 is 2.97 bits per heavy atom. The third-order valence-corrected chi connectivity index (χ3v) is 7.54. The molecule has 1 aliphatic carbocycles. The second-order valence-electron chi connectivity index (χ2n) is 7.29. The molecule has 0 unspecified atom stereocenters. The third kappa shape index (κ3) is 4.19. The fourth-order valence-corrected chi connectivity index (χ4v) is 6.04. The van der Waals surface area contributed by atoms with E-state index < -0.39 is 0 Å². The van der Waals surface area contributed by atoms with Gasteiger partial charge in [-0.2, -0.15) is 0 Å². The van der Waals surface area contributed by atoms with Crippen molar-refractivity contribution in [3.8, 4) is 0 Å². The summed E-state index contributed by atoms with van der Waals surface area (Å²) in [6, 6.07) is 5.33. The number of hydrogen-bond acceptors (Lipinski definition) is 5. The first kappa shape index (κ1) is 21.2. The Morgan fingerprint density at radius 2 is 2.20 bits per heavy atom. The lowest BCUT2D eigenvalue weighted by Crippen LogP contribution is -2.24. The molecule has 3 aromatic rings. The number of nitrogens with zero attached hydrogens (tertiary/aromatic N) is 2. The lowest BCUT2D eigenvalue weighted by Gasteiger charge is -2.12. The van der Waals surface area contributed by atoms with Gasteiger partial charge in [0.2, 0.25) is 5.91 Å². The highest BCUT2D eigenvalue weighted by Crippen LogP contribution is 2.34. The van der Waals surface area contributed by atoms with Gasteiger partial charge in [-0.05, 0) is 61.9 Å². The molecule has 0 radical (unpaired) electrons. The number of hydrogen-bond donors (Lipinski definition) is 1. The van der Waals surface area contributed by atoms with Crippen LogP contribution in [0.4, 0.5) is 5.69 Å². The summed E-state index contributed by atoms with van der Waals surface area (Å²) in [6.07, 6.45) is 5.92. The van der Waals surface area contributed by atoms with E-state index in [0.717, 1.165) is 47.2 Å². The van der Waals surface area contributed by atoms with E-state index >= 15 is 0 Å². The highest BCUT2D eigenvalue weighted by Gasteiger charge is 2.22. The Hall–Kier alpha value is -2.09. The van der Waals surface area contributed by atoms with Gasteiger partial charge in [0.1, 0.15) is 4.83 Å². The molecule has 0 saturated carbocycles. The molecule has 0 aliphatic heterocycles. The standard InChI is InChI=1S/C22H22ClN3O2S2/c1-3-10-26-21(28)19-15-6-4-5-7-17(15)30-20(19)25-22(26)29-12-18(27)24-16-9-8-14(23)11-13(16)2/h3,8-9,11H,1,4-7,10,12H2,2H3,(H,24,27). The molecule has 8 heteroatoms. The Kier molecular flexibility index (Phi) is 6.32. The molecule has 0 atom stereocenters. The van der Waals surface area contributed by atoms with E-state index in [1.54, 1.807) is 40.2 Å². The molecule has 5 nitrogen and oxygen atoms in total. The van der Waals surface area contributed by atoms with Gasteiger partial charge in [-0.25, -0.2) is 4.98 Å². The molecule has 0 fully saturated rings. The number of allylic oxidation sites excluding steroid dienone is 1. The summed E-state index contributed by atoms with van der Waals surface area (Å²) in [5.41, 5.74) is 2.76. The number of aromatic nitrogens is 2. The van der Waals surface area contributed by atoms with E-state index in [2.05, 4.69) is 11.9 Å². The molecule has 30 heavy (non-hydrogen) atoms. The second-order valence-corrected chi connectivity index (χ2v) is 9.75. The van der Waals surface area contributed by atoms with Crippen LogP contribution in [0.1, 0.15) is 28.8 Å². The van der Waals surface area contributed by atoms with Crippen LogP contribution in [0.3, 0.4) is 0 Å². The highest BCUT2D eigenvalue weighted by molar-refractivity contribution is 7.99. The number of thiophene rings is 1. The number of fused-ring (bicyclic) bond motifs is 3. The summed E-state index contributed by atoms with van der Waals surface area (Å²) in [5, 5.41) is 4.83. The molecule has 0 saturated heterocycles. The first-order valence-corrected chi connectivity index (χ1v) is 12.0. The van der Waals surface area contributed by atoms with E-state index in [9.17, 15) is 9.59 Å². The van der Waals surface area contributed by atoms with E-state index in [1.807, 2.05) is 6.92 Å². The molecule has 1 aromatic carbocycles. The van der Waals surface area contributed by atoms with Crippen molar-refractivity contribution in [3.63, 3.8) is 0 Å². The van der Waals surface area contributed by atoms with Crippen molar-refractivity contribution >= 4 is 56.5 Å². The molecule has 0 spiro atoms. The molecule has 1 N–H and O–H groups in total. The van der Waals surface area contributed by atoms with E-state index in [0.29, 0.717) is 16.7 Å². The highest BCUT2D eigenvalue weighted by atomic mass is 35.5. The van der Waals surface area contributed by atoms with Crippen LogP contribution < -0.4 is 10.9 Å². The molecule has 156 valence electrons. The lowest BCUT2D eigenvalue weighted by molar-refractivity contribution is -0.113. The molecular formula is C22H22ClN3O2S2. The maximum Gasteiger partial charge on any atom is 0.263 e. The average Bonchev–Trinajstić information content (AvgIpc) is 3.09. The quantitative estimate of drug-likeness (QED) is 0.312. The molecule has 2 heterocycles. The summed E-state index contributed by atoms with van der Waals surface area (Å²) in [4.78, 5) is 32.6. The van der Waals surface area contributed by atoms with Crippen molar-refractivity contribution in [3.05, 3.63) is 62.2 Å². The minimum Gasteiger partial charge on any atom is -0.325 e. The largest absolute Gasteiger partial charge is 0.325 e. The number of carbonyl (C=O) groups excluding carboxylic acids is 1. The van der Waals surface area contributed by atoms with Crippen LogP contribution in [-0.2, 0) is 24.2 Å². The van der Waals surface area contributed by atoms with Crippen molar-refractivity contribution in [2.75, 3.05) is 11.1 Å². The van der Waals surface area contributed by atoms with Crippen molar-refractivity contribution < 1.29 is 4.79 Å². The molecule has 4 rings (SSSR count). The zero-order valence-electron chi connectivity index (χ0n) is 16.7. The first-order valence-electron chi connectivity index (χ1n) is 9.82. The van der Waals surface area contributed by atoms with Crippen molar-refractivity contribution in [2.45, 2.75) is 44.3 Å². The summed E-state index contributed by atoms with van der Waals surface area (Å²) in [6.45, 7) is 6.04. The average molecular weight is 460 g/mol. The predicted octanol–water partition coefficient (Wildman–Crippen LogP) is 5.22. The number of halogens is 1. The van der Waals surface area contributed by atoms with Crippen LogP contribution in [0.2, 0.25) is 5.02 Å². The number of thioether (sulfide) groups is 1. The number of nitrogens with one attached hydrogen (secondary N) is 1. The van der Waals surface area contributed by atoms with Crippen LogP contribution in [-0.4, -0.2) is 21.2 Å². The third-order valence-electron chi connectivity index (χ3n) is 5.15. The Bertz CT molecular complexity index is 1200. The maximum absolute atomic E-state index is 13.2. The number of aryl methyl sites for hydroxylation is 3.